The molecule has 0 radical (unpaired) electrons. The molecule has 0 amide bonds. The molecular weight excluding hydrogens is 440 g/mol. The van der Waals surface area contributed by atoms with Crippen molar-refractivity contribution < 1.29 is 4.43 Å². The second-order valence-corrected chi connectivity index (χ2v) is 20.8. The summed E-state index contributed by atoms with van der Waals surface area (Å²) in [5, 5.41) is 0. The Morgan fingerprint density at radius 1 is 0.914 bits per heavy atom. The Morgan fingerprint density at radius 2 is 1.60 bits per heavy atom. The summed E-state index contributed by atoms with van der Waals surface area (Å²) in [7, 11) is -1.54. The zero-order chi connectivity index (χ0) is 26.0. The molecule has 0 N–H and O–H groups in total. The fourth-order valence-corrected chi connectivity index (χ4v) is 11.6. The predicted octanol–water partition coefficient (Wildman–Crippen LogP) is 10.3. The van der Waals surface area contributed by atoms with Gasteiger partial charge in [0.05, 0.1) is 6.10 Å². The first-order chi connectivity index (χ1) is 16.1. The Morgan fingerprint density at radius 3 is 2.23 bits per heavy atom. The average molecular weight is 501 g/mol. The Balaban J connectivity index is 1.59. The minimum absolute atomic E-state index is 0.264. The van der Waals surface area contributed by atoms with Gasteiger partial charge in [-0.05, 0) is 116 Å². The zero-order valence-electron chi connectivity index (χ0n) is 25.5. The summed E-state index contributed by atoms with van der Waals surface area (Å²) in [5.74, 6) is 4.17. The molecule has 1 nitrogen and oxygen atoms in total. The van der Waals surface area contributed by atoms with E-state index in [1.54, 1.807) is 0 Å². The van der Waals surface area contributed by atoms with Crippen molar-refractivity contribution in [2.75, 3.05) is 0 Å². The van der Waals surface area contributed by atoms with E-state index in [1.165, 1.54) is 64.2 Å². The second kappa shape index (κ2) is 9.28. The zero-order valence-corrected chi connectivity index (χ0v) is 26.5. The first kappa shape index (κ1) is 27.9. The van der Waals surface area contributed by atoms with E-state index in [0.29, 0.717) is 22.3 Å². The van der Waals surface area contributed by atoms with Crippen molar-refractivity contribution in [2.24, 2.45) is 51.2 Å². The number of allylic oxidation sites excluding steroid dienone is 2. The third kappa shape index (κ3) is 4.57. The molecule has 0 bridgehead atoms. The number of hydrogen-bond acceptors (Lipinski definition) is 1. The van der Waals surface area contributed by atoms with Crippen molar-refractivity contribution in [2.45, 2.75) is 145 Å². The molecule has 0 spiro atoms. The lowest BCUT2D eigenvalue weighted by Crippen LogP contribution is -2.59. The van der Waals surface area contributed by atoms with E-state index in [9.17, 15) is 0 Å². The van der Waals surface area contributed by atoms with Gasteiger partial charge < -0.3 is 4.43 Å². The molecule has 8 atom stereocenters. The van der Waals surface area contributed by atoms with Gasteiger partial charge in [0.15, 0.2) is 8.32 Å². The van der Waals surface area contributed by atoms with Gasteiger partial charge in [0.1, 0.15) is 0 Å². The summed E-state index contributed by atoms with van der Waals surface area (Å²) in [6.07, 6.45) is 17.2. The van der Waals surface area contributed by atoms with Crippen LogP contribution in [0, 0.1) is 51.2 Å². The minimum Gasteiger partial charge on any atom is -0.414 e. The molecule has 0 saturated heterocycles. The van der Waals surface area contributed by atoms with Crippen LogP contribution in [0.25, 0.3) is 0 Å². The van der Waals surface area contributed by atoms with Crippen LogP contribution in [0.2, 0.25) is 19.6 Å². The topological polar surface area (TPSA) is 9.23 Å². The predicted molar refractivity (Wildman–Crippen MR) is 155 cm³/mol. The van der Waals surface area contributed by atoms with Crippen molar-refractivity contribution in [3.63, 3.8) is 0 Å². The van der Waals surface area contributed by atoms with Crippen molar-refractivity contribution >= 4 is 8.32 Å². The van der Waals surface area contributed by atoms with Gasteiger partial charge in [-0.1, -0.05) is 86.3 Å². The lowest BCUT2D eigenvalue weighted by molar-refractivity contribution is -0.126. The van der Waals surface area contributed by atoms with Crippen molar-refractivity contribution in [1.29, 1.82) is 0 Å². The third-order valence-corrected chi connectivity index (χ3v) is 13.5. The highest BCUT2D eigenvalue weighted by atomic mass is 28.4. The maximum atomic E-state index is 6.83. The molecule has 4 rings (SSSR count). The van der Waals surface area contributed by atoms with E-state index in [2.05, 4.69) is 81.1 Å². The van der Waals surface area contributed by atoms with Gasteiger partial charge in [-0.15, -0.1) is 0 Å². The normalized spacial score (nSPS) is 43.8. The molecule has 3 fully saturated rings. The second-order valence-electron chi connectivity index (χ2n) is 16.3. The minimum atomic E-state index is -1.54. The van der Waals surface area contributed by atoms with E-state index >= 15 is 0 Å². The Labute approximate surface area is 220 Å². The highest BCUT2D eigenvalue weighted by Gasteiger charge is 2.65. The van der Waals surface area contributed by atoms with Gasteiger partial charge in [0.25, 0.3) is 0 Å². The highest BCUT2D eigenvalue weighted by Crippen LogP contribution is 2.73. The van der Waals surface area contributed by atoms with Crippen LogP contribution in [-0.2, 0) is 4.43 Å². The highest BCUT2D eigenvalue weighted by molar-refractivity contribution is 6.69. The summed E-state index contributed by atoms with van der Waals surface area (Å²) in [5.41, 5.74) is 3.51. The molecule has 0 aromatic rings. The number of fused-ring (bicyclic) bond motifs is 5. The molecule has 3 saturated carbocycles. The molecule has 0 aromatic heterocycles. The summed E-state index contributed by atoms with van der Waals surface area (Å²) in [6.45, 7) is 27.7. The number of rotatable bonds is 7. The van der Waals surface area contributed by atoms with Crippen LogP contribution in [0.15, 0.2) is 11.6 Å². The van der Waals surface area contributed by atoms with E-state index in [4.69, 9.17) is 4.43 Å². The van der Waals surface area contributed by atoms with Crippen LogP contribution in [0.1, 0.15) is 120 Å². The van der Waals surface area contributed by atoms with Crippen LogP contribution in [-0.4, -0.2) is 14.4 Å². The van der Waals surface area contributed by atoms with Crippen LogP contribution >= 0.6 is 0 Å². The molecule has 4 aliphatic rings. The first-order valence-electron chi connectivity index (χ1n) is 15.4. The molecule has 2 unspecified atom stereocenters. The Bertz CT molecular complexity index is 804. The van der Waals surface area contributed by atoms with Crippen LogP contribution in [0.3, 0.4) is 0 Å². The van der Waals surface area contributed by atoms with E-state index in [-0.39, 0.29) is 5.41 Å². The van der Waals surface area contributed by atoms with Crippen molar-refractivity contribution in [3.05, 3.63) is 11.6 Å². The molecule has 0 aromatic carbocycles. The number of hydrogen-bond donors (Lipinski definition) is 0. The fourth-order valence-electron chi connectivity index (χ4n) is 10.3. The van der Waals surface area contributed by atoms with Gasteiger partial charge in [-0.2, -0.15) is 0 Å². The van der Waals surface area contributed by atoms with Gasteiger partial charge in [-0.3, -0.25) is 0 Å². The van der Waals surface area contributed by atoms with E-state index in [1.807, 2.05) is 5.57 Å². The van der Waals surface area contributed by atoms with E-state index in [0.717, 1.165) is 29.6 Å². The summed E-state index contributed by atoms with van der Waals surface area (Å²) >= 11 is 0. The molecule has 202 valence electrons. The maximum absolute atomic E-state index is 6.83. The van der Waals surface area contributed by atoms with Gasteiger partial charge in [0, 0.05) is 0 Å². The van der Waals surface area contributed by atoms with Crippen molar-refractivity contribution in [3.8, 4) is 0 Å². The van der Waals surface area contributed by atoms with E-state index < -0.39 is 8.32 Å². The third-order valence-electron chi connectivity index (χ3n) is 12.5. The van der Waals surface area contributed by atoms with Crippen LogP contribution in [0.4, 0.5) is 0 Å². The van der Waals surface area contributed by atoms with Crippen molar-refractivity contribution in [1.82, 2.24) is 0 Å². The average Bonchev–Trinajstić information content (AvgIpc) is 3.01. The molecule has 35 heavy (non-hydrogen) atoms. The van der Waals surface area contributed by atoms with Gasteiger partial charge >= 0.3 is 0 Å². The molecule has 4 aliphatic carbocycles. The van der Waals surface area contributed by atoms with Crippen LogP contribution in [0.5, 0.6) is 0 Å². The molecule has 0 heterocycles. The van der Waals surface area contributed by atoms with Gasteiger partial charge in [-0.25, -0.2) is 0 Å². The standard InChI is InChI=1S/C33H60OSi/c1-23(2)13-12-14-24(3)25-17-21-33(8)27-15-16-28-30(4,5)29(34-35(9,10)11)19-20-31(28,6)26(27)18-22-32(25,33)7/h15,23-26,28-29H,12-14,16-22H2,1-11H3/t24-,25+,26?,28?,29+,31-,32+,33-/m1/s1. The van der Waals surface area contributed by atoms with Gasteiger partial charge in [0.2, 0.25) is 0 Å². The quantitative estimate of drug-likeness (QED) is 0.249. The molecule has 0 aliphatic heterocycles. The summed E-state index contributed by atoms with van der Waals surface area (Å²) < 4.78 is 6.83. The summed E-state index contributed by atoms with van der Waals surface area (Å²) in [6, 6.07) is 0. The first-order valence-corrected chi connectivity index (χ1v) is 18.9. The maximum Gasteiger partial charge on any atom is 0.184 e. The van der Waals surface area contributed by atoms with Crippen LogP contribution < -0.4 is 0 Å². The molecular formula is C33H60OSi. The Hall–Kier alpha value is -0.0831. The summed E-state index contributed by atoms with van der Waals surface area (Å²) in [4.78, 5) is 0. The molecule has 2 heteroatoms. The lowest BCUT2D eigenvalue weighted by atomic mass is 9.41. The largest absolute Gasteiger partial charge is 0.414 e. The monoisotopic (exact) mass is 500 g/mol. The Kier molecular flexibility index (Phi) is 7.41. The smallest absolute Gasteiger partial charge is 0.184 e. The SMILES string of the molecule is CC(C)CCC[C@@H](C)[C@@H]1CC[C@]2(C)C3=CCC4C(C)(C)[C@@H](O[Si](C)(C)C)CC[C@]4(C)C3CC[C@@]12C. The lowest BCUT2D eigenvalue weighted by Gasteiger charge is -2.65. The fraction of sp³-hybridized carbons (Fsp3) is 0.939.